The number of nitrogens with zero attached hydrogens (tertiary/aromatic N) is 1. The number of carbonyl (C=O) groups is 1. The van der Waals surface area contributed by atoms with Gasteiger partial charge in [0.05, 0.1) is 4.90 Å². The highest BCUT2D eigenvalue weighted by atomic mass is 32.2. The summed E-state index contributed by atoms with van der Waals surface area (Å²) >= 11 is 0. The molecule has 0 saturated carbocycles. The number of nitrogens with two attached hydrogens (primary N) is 1. The molecule has 0 aliphatic carbocycles. The summed E-state index contributed by atoms with van der Waals surface area (Å²) < 4.78 is 22.1. The summed E-state index contributed by atoms with van der Waals surface area (Å²) in [6.07, 6.45) is 0. The number of hydrogen-bond acceptors (Lipinski definition) is 4. The van der Waals surface area contributed by atoms with Gasteiger partial charge in [-0.3, -0.25) is 9.89 Å². The summed E-state index contributed by atoms with van der Waals surface area (Å²) in [6, 6.07) is 7.16. The van der Waals surface area contributed by atoms with E-state index in [0.29, 0.717) is 5.69 Å². The van der Waals surface area contributed by atoms with Gasteiger partial charge in [-0.25, -0.2) is 13.6 Å². The second-order valence-electron chi connectivity index (χ2n) is 3.96. The van der Waals surface area contributed by atoms with Crippen molar-refractivity contribution in [2.24, 2.45) is 5.14 Å². The van der Waals surface area contributed by atoms with Gasteiger partial charge in [-0.1, -0.05) is 0 Å². The van der Waals surface area contributed by atoms with Gasteiger partial charge >= 0.3 is 0 Å². The predicted molar refractivity (Wildman–Crippen MR) is 69.1 cm³/mol. The molecule has 4 N–H and O–H groups in total. The van der Waals surface area contributed by atoms with Gasteiger partial charge in [-0.2, -0.15) is 5.10 Å². The first-order valence-electron chi connectivity index (χ1n) is 5.32. The van der Waals surface area contributed by atoms with Crippen molar-refractivity contribution in [1.82, 2.24) is 10.2 Å². The first-order valence-corrected chi connectivity index (χ1v) is 6.87. The van der Waals surface area contributed by atoms with Crippen molar-refractivity contribution in [2.75, 3.05) is 5.32 Å². The number of amides is 1. The molecule has 2 rings (SSSR count). The quantitative estimate of drug-likeness (QED) is 0.763. The maximum atomic E-state index is 11.8. The number of hydrogen-bond donors (Lipinski definition) is 3. The fraction of sp³-hybridized carbons (Fsp3) is 0.0909. The normalized spacial score (nSPS) is 11.3. The number of aromatic nitrogens is 2. The van der Waals surface area contributed by atoms with E-state index in [4.69, 9.17) is 5.14 Å². The van der Waals surface area contributed by atoms with Crippen LogP contribution in [0.2, 0.25) is 0 Å². The minimum atomic E-state index is -3.73. The van der Waals surface area contributed by atoms with Crippen LogP contribution in [0.3, 0.4) is 0 Å². The largest absolute Gasteiger partial charge is 0.321 e. The smallest absolute Gasteiger partial charge is 0.276 e. The van der Waals surface area contributed by atoms with Crippen molar-refractivity contribution < 1.29 is 13.2 Å². The van der Waals surface area contributed by atoms with Crippen LogP contribution in [0.15, 0.2) is 35.2 Å². The van der Waals surface area contributed by atoms with E-state index >= 15 is 0 Å². The van der Waals surface area contributed by atoms with Gasteiger partial charge in [0, 0.05) is 11.4 Å². The van der Waals surface area contributed by atoms with E-state index in [1.807, 2.05) is 0 Å². The highest BCUT2D eigenvalue weighted by molar-refractivity contribution is 7.89. The average molecular weight is 280 g/mol. The number of primary sulfonamides is 1. The Morgan fingerprint density at radius 1 is 1.32 bits per heavy atom. The van der Waals surface area contributed by atoms with Crippen LogP contribution in [-0.2, 0) is 10.0 Å². The molecule has 1 amide bonds. The Bertz CT molecular complexity index is 704. The molecule has 0 fully saturated rings. The summed E-state index contributed by atoms with van der Waals surface area (Å²) in [5, 5.41) is 14.0. The van der Waals surface area contributed by atoms with Crippen molar-refractivity contribution in [3.63, 3.8) is 0 Å². The Labute approximate surface area is 109 Å². The minimum Gasteiger partial charge on any atom is -0.321 e. The summed E-state index contributed by atoms with van der Waals surface area (Å²) in [4.78, 5) is 11.8. The van der Waals surface area contributed by atoms with Crippen LogP contribution in [0.1, 0.15) is 16.2 Å². The molecule has 8 heteroatoms. The molecule has 0 aliphatic heterocycles. The molecule has 19 heavy (non-hydrogen) atoms. The first kappa shape index (κ1) is 13.2. The Morgan fingerprint density at radius 3 is 2.42 bits per heavy atom. The molecule has 0 saturated heterocycles. The molecule has 0 bridgehead atoms. The van der Waals surface area contributed by atoms with Gasteiger partial charge in [-0.15, -0.1) is 0 Å². The number of benzene rings is 1. The number of carbonyl (C=O) groups excluding carboxylic acids is 1. The average Bonchev–Trinajstić information content (AvgIpc) is 2.75. The second-order valence-corrected chi connectivity index (χ2v) is 5.52. The lowest BCUT2D eigenvalue weighted by atomic mass is 10.3. The van der Waals surface area contributed by atoms with E-state index in [2.05, 4.69) is 15.5 Å². The number of aryl methyl sites for hydroxylation is 1. The summed E-state index contributed by atoms with van der Waals surface area (Å²) in [5.41, 5.74) is 1.49. The summed E-state index contributed by atoms with van der Waals surface area (Å²) in [7, 11) is -3.73. The Hall–Kier alpha value is -2.19. The standard InChI is InChI=1S/C11H12N4O3S/c1-7-6-10(15-14-7)11(16)13-8-2-4-9(5-3-8)19(12,17)18/h2-6H,1H3,(H,13,16)(H,14,15)(H2,12,17,18). The van der Waals surface area contributed by atoms with Gasteiger partial charge in [0.2, 0.25) is 10.0 Å². The molecule has 0 atom stereocenters. The number of anilines is 1. The number of aromatic amines is 1. The zero-order valence-corrected chi connectivity index (χ0v) is 10.9. The molecule has 1 aromatic carbocycles. The SMILES string of the molecule is Cc1cc(C(=O)Nc2ccc(S(N)(=O)=O)cc2)n[nH]1. The maximum Gasteiger partial charge on any atom is 0.276 e. The van der Waals surface area contributed by atoms with E-state index in [-0.39, 0.29) is 16.5 Å². The number of sulfonamides is 1. The molecule has 1 heterocycles. The Morgan fingerprint density at radius 2 is 1.95 bits per heavy atom. The molecule has 1 aromatic heterocycles. The third-order valence-electron chi connectivity index (χ3n) is 2.38. The van der Waals surface area contributed by atoms with E-state index < -0.39 is 10.0 Å². The lowest BCUT2D eigenvalue weighted by Gasteiger charge is -2.04. The van der Waals surface area contributed by atoms with Crippen molar-refractivity contribution >= 4 is 21.6 Å². The van der Waals surface area contributed by atoms with Crippen molar-refractivity contribution in [1.29, 1.82) is 0 Å². The van der Waals surface area contributed by atoms with Gasteiger partial charge < -0.3 is 5.32 Å². The van der Waals surface area contributed by atoms with Crippen molar-refractivity contribution in [3.05, 3.63) is 41.7 Å². The fourth-order valence-electron chi connectivity index (χ4n) is 1.46. The Balaban J connectivity index is 2.14. The molecular weight excluding hydrogens is 268 g/mol. The summed E-state index contributed by atoms with van der Waals surface area (Å²) in [5.74, 6) is -0.382. The van der Waals surface area contributed by atoms with Gasteiger partial charge in [0.15, 0.2) is 5.69 Å². The highest BCUT2D eigenvalue weighted by Gasteiger charge is 2.11. The van der Waals surface area contributed by atoms with Crippen LogP contribution in [0, 0.1) is 6.92 Å². The van der Waals surface area contributed by atoms with E-state index in [1.165, 1.54) is 24.3 Å². The number of nitrogens with one attached hydrogen (secondary N) is 2. The zero-order chi connectivity index (χ0) is 14.0. The van der Waals surface area contributed by atoms with Gasteiger partial charge in [-0.05, 0) is 37.3 Å². The molecule has 0 unspecified atom stereocenters. The van der Waals surface area contributed by atoms with Crippen LogP contribution in [-0.4, -0.2) is 24.5 Å². The molecule has 7 nitrogen and oxygen atoms in total. The third-order valence-corrected chi connectivity index (χ3v) is 3.31. The monoisotopic (exact) mass is 280 g/mol. The first-order chi connectivity index (χ1) is 8.86. The predicted octanol–water partition coefficient (Wildman–Crippen LogP) is 0.618. The van der Waals surface area contributed by atoms with Gasteiger partial charge in [0.1, 0.15) is 0 Å². The van der Waals surface area contributed by atoms with Crippen molar-refractivity contribution in [3.8, 4) is 0 Å². The van der Waals surface area contributed by atoms with Crippen molar-refractivity contribution in [2.45, 2.75) is 11.8 Å². The molecule has 100 valence electrons. The molecular formula is C11H12N4O3S. The second kappa shape index (κ2) is 4.82. The zero-order valence-electron chi connectivity index (χ0n) is 10.0. The van der Waals surface area contributed by atoms with Crippen LogP contribution in [0.5, 0.6) is 0 Å². The van der Waals surface area contributed by atoms with Crippen LogP contribution < -0.4 is 10.5 Å². The Kier molecular flexibility index (Phi) is 3.36. The highest BCUT2D eigenvalue weighted by Crippen LogP contribution is 2.13. The minimum absolute atomic E-state index is 0.0129. The van der Waals surface area contributed by atoms with Crippen LogP contribution in [0.4, 0.5) is 5.69 Å². The number of H-pyrrole nitrogens is 1. The summed E-state index contributed by atoms with van der Waals surface area (Å²) in [6.45, 7) is 1.78. The van der Waals surface area contributed by atoms with Crippen LogP contribution >= 0.6 is 0 Å². The van der Waals surface area contributed by atoms with Gasteiger partial charge in [0.25, 0.3) is 5.91 Å². The lowest BCUT2D eigenvalue weighted by Crippen LogP contribution is -2.14. The van der Waals surface area contributed by atoms with E-state index in [1.54, 1.807) is 13.0 Å². The molecule has 0 spiro atoms. The lowest BCUT2D eigenvalue weighted by molar-refractivity contribution is 0.102. The van der Waals surface area contributed by atoms with E-state index in [9.17, 15) is 13.2 Å². The molecule has 0 radical (unpaired) electrons. The fourth-order valence-corrected chi connectivity index (χ4v) is 1.97. The maximum absolute atomic E-state index is 11.8. The third kappa shape index (κ3) is 3.18. The van der Waals surface area contributed by atoms with E-state index in [0.717, 1.165) is 5.69 Å². The molecule has 2 aromatic rings. The van der Waals surface area contributed by atoms with Crippen LogP contribution in [0.25, 0.3) is 0 Å². The number of rotatable bonds is 3. The molecule has 0 aliphatic rings. The topological polar surface area (TPSA) is 118 Å².